The molecule has 0 spiro atoms. The number of fused-ring (bicyclic) bond motifs is 4. The monoisotopic (exact) mass is 553 g/mol. The van der Waals surface area contributed by atoms with Gasteiger partial charge in [0.25, 0.3) is 0 Å². The van der Waals surface area contributed by atoms with E-state index in [-0.39, 0.29) is 12.0 Å². The van der Waals surface area contributed by atoms with Gasteiger partial charge >= 0.3 is 0 Å². The van der Waals surface area contributed by atoms with Crippen molar-refractivity contribution in [3.05, 3.63) is 157 Å². The third-order valence-corrected chi connectivity index (χ3v) is 8.81. The highest BCUT2D eigenvalue weighted by Gasteiger charge is 2.33. The van der Waals surface area contributed by atoms with Gasteiger partial charge in [-0.15, -0.1) is 0 Å². The molecule has 43 heavy (non-hydrogen) atoms. The van der Waals surface area contributed by atoms with Crippen molar-refractivity contribution in [2.24, 2.45) is 15.9 Å². The second-order valence-electron chi connectivity index (χ2n) is 11.3. The fraction of sp³-hybridized carbons (Fsp3) is 0.100. The van der Waals surface area contributed by atoms with Crippen molar-refractivity contribution in [2.45, 2.75) is 19.4 Å². The maximum atomic E-state index is 5.40. The SMILES string of the molecule is CCC1C(n2c3ccccc3c3ccccc32)=NC(c2ccc(-c3ccc4ccccc4c3)cc2)=NC1c1ccccc1. The van der Waals surface area contributed by atoms with E-state index < -0.39 is 0 Å². The van der Waals surface area contributed by atoms with Gasteiger partial charge in [-0.05, 0) is 52.1 Å². The quantitative estimate of drug-likeness (QED) is 0.208. The summed E-state index contributed by atoms with van der Waals surface area (Å²) in [5.41, 5.74) is 6.99. The first-order chi connectivity index (χ1) is 21.3. The summed E-state index contributed by atoms with van der Waals surface area (Å²) in [5, 5.41) is 4.99. The summed E-state index contributed by atoms with van der Waals surface area (Å²) in [5.74, 6) is 1.96. The second-order valence-corrected chi connectivity index (χ2v) is 11.3. The zero-order chi connectivity index (χ0) is 28.8. The minimum absolute atomic E-state index is 0.0335. The molecule has 0 bridgehead atoms. The summed E-state index contributed by atoms with van der Waals surface area (Å²) in [6, 6.07) is 51.9. The molecule has 0 fully saturated rings. The summed E-state index contributed by atoms with van der Waals surface area (Å²) in [6.07, 6.45) is 0.927. The number of hydrogen-bond donors (Lipinski definition) is 0. The highest BCUT2D eigenvalue weighted by Crippen LogP contribution is 2.38. The Bertz CT molecular complexity index is 2110. The second kappa shape index (κ2) is 10.5. The molecule has 0 amide bonds. The fourth-order valence-electron chi connectivity index (χ4n) is 6.65. The van der Waals surface area contributed by atoms with Crippen LogP contribution in [0, 0.1) is 5.92 Å². The van der Waals surface area contributed by atoms with Crippen molar-refractivity contribution in [1.82, 2.24) is 4.57 Å². The van der Waals surface area contributed by atoms with Crippen molar-refractivity contribution in [2.75, 3.05) is 0 Å². The Morgan fingerprint density at radius 2 is 1.14 bits per heavy atom. The van der Waals surface area contributed by atoms with E-state index in [2.05, 4.69) is 157 Å². The van der Waals surface area contributed by atoms with E-state index in [0.29, 0.717) is 0 Å². The Balaban J connectivity index is 1.29. The van der Waals surface area contributed by atoms with Crippen molar-refractivity contribution in [1.29, 1.82) is 0 Å². The zero-order valence-electron chi connectivity index (χ0n) is 24.1. The summed E-state index contributed by atoms with van der Waals surface area (Å²) in [6.45, 7) is 2.25. The lowest BCUT2D eigenvalue weighted by molar-refractivity contribution is 0.522. The molecule has 0 aliphatic carbocycles. The molecule has 3 heteroatoms. The third kappa shape index (κ3) is 4.36. The van der Waals surface area contributed by atoms with E-state index >= 15 is 0 Å². The number of rotatable bonds is 4. The molecule has 2 atom stereocenters. The Kier molecular flexibility index (Phi) is 6.22. The smallest absolute Gasteiger partial charge is 0.157 e. The van der Waals surface area contributed by atoms with Crippen LogP contribution in [0.3, 0.4) is 0 Å². The molecule has 7 aromatic rings. The predicted molar refractivity (Wildman–Crippen MR) is 181 cm³/mol. The third-order valence-electron chi connectivity index (χ3n) is 8.81. The Hall–Kier alpha value is -5.28. The van der Waals surface area contributed by atoms with Crippen LogP contribution in [0.15, 0.2) is 156 Å². The summed E-state index contributed by atoms with van der Waals surface area (Å²) >= 11 is 0. The van der Waals surface area contributed by atoms with E-state index in [0.717, 1.165) is 23.7 Å². The highest BCUT2D eigenvalue weighted by atomic mass is 15.1. The van der Waals surface area contributed by atoms with E-state index in [9.17, 15) is 0 Å². The van der Waals surface area contributed by atoms with Crippen molar-refractivity contribution < 1.29 is 0 Å². The minimum Gasteiger partial charge on any atom is -0.297 e. The molecule has 1 aliphatic heterocycles. The van der Waals surface area contributed by atoms with Crippen LogP contribution in [0.25, 0.3) is 43.7 Å². The molecule has 206 valence electrons. The van der Waals surface area contributed by atoms with Crippen LogP contribution in [0.5, 0.6) is 0 Å². The highest BCUT2D eigenvalue weighted by molar-refractivity contribution is 6.18. The number of aromatic nitrogens is 1. The standard InChI is InChI=1S/C40H31N3/c1-2-33-38(29-13-4-3-5-14-29)41-39(30-23-20-28(21-24-30)32-25-22-27-12-6-7-15-31(27)26-32)42-40(33)43-36-18-10-8-16-34(36)35-17-9-11-19-37(35)43/h3-26,33,38H,2H2,1H3. The molecule has 1 aliphatic rings. The molecule has 0 radical (unpaired) electrons. The van der Waals surface area contributed by atoms with Gasteiger partial charge in [-0.3, -0.25) is 9.56 Å². The van der Waals surface area contributed by atoms with E-state index in [1.165, 1.54) is 49.3 Å². The molecular weight excluding hydrogens is 522 g/mol. The Labute approximate surface area is 251 Å². The molecule has 0 saturated heterocycles. The van der Waals surface area contributed by atoms with E-state index in [4.69, 9.17) is 9.98 Å². The normalized spacial score (nSPS) is 16.9. The lowest BCUT2D eigenvalue weighted by Crippen LogP contribution is -2.32. The summed E-state index contributed by atoms with van der Waals surface area (Å²) in [4.78, 5) is 10.7. The average molecular weight is 554 g/mol. The first kappa shape index (κ1) is 25.4. The maximum Gasteiger partial charge on any atom is 0.157 e. The summed E-state index contributed by atoms with van der Waals surface area (Å²) in [7, 11) is 0. The Morgan fingerprint density at radius 3 is 1.84 bits per heavy atom. The number of nitrogens with zero attached hydrogens (tertiary/aromatic N) is 3. The van der Waals surface area contributed by atoms with Crippen LogP contribution in [0.4, 0.5) is 0 Å². The molecule has 6 aromatic carbocycles. The van der Waals surface area contributed by atoms with Crippen LogP contribution in [-0.2, 0) is 0 Å². The lowest BCUT2D eigenvalue weighted by Gasteiger charge is -2.30. The molecular formula is C40H31N3. The molecule has 0 N–H and O–H groups in total. The van der Waals surface area contributed by atoms with Gasteiger partial charge in [0.05, 0.1) is 17.1 Å². The van der Waals surface area contributed by atoms with Gasteiger partial charge in [0.2, 0.25) is 0 Å². The molecule has 8 rings (SSSR count). The lowest BCUT2D eigenvalue weighted by atomic mass is 9.88. The van der Waals surface area contributed by atoms with Crippen LogP contribution in [0.2, 0.25) is 0 Å². The Morgan fingerprint density at radius 1 is 0.558 bits per heavy atom. The predicted octanol–water partition coefficient (Wildman–Crippen LogP) is 10.1. The first-order valence-corrected chi connectivity index (χ1v) is 15.1. The van der Waals surface area contributed by atoms with E-state index in [1.807, 2.05) is 0 Å². The molecule has 1 aromatic heterocycles. The zero-order valence-corrected chi connectivity index (χ0v) is 24.1. The van der Waals surface area contributed by atoms with Crippen LogP contribution in [-0.4, -0.2) is 16.2 Å². The van der Waals surface area contributed by atoms with Gasteiger partial charge in [0.1, 0.15) is 5.84 Å². The number of para-hydroxylation sites is 2. The van der Waals surface area contributed by atoms with Crippen molar-refractivity contribution in [3.8, 4) is 11.1 Å². The summed E-state index contributed by atoms with van der Waals surface area (Å²) < 4.78 is 2.38. The van der Waals surface area contributed by atoms with Gasteiger partial charge in [0, 0.05) is 22.3 Å². The van der Waals surface area contributed by atoms with Gasteiger partial charge in [-0.25, -0.2) is 4.99 Å². The topological polar surface area (TPSA) is 29.6 Å². The molecule has 3 nitrogen and oxygen atoms in total. The minimum atomic E-state index is -0.0335. The van der Waals surface area contributed by atoms with Gasteiger partial charge in [-0.1, -0.05) is 134 Å². The van der Waals surface area contributed by atoms with E-state index in [1.54, 1.807) is 0 Å². The number of benzene rings is 6. The molecule has 0 saturated carbocycles. The van der Waals surface area contributed by atoms with Gasteiger partial charge in [-0.2, -0.15) is 0 Å². The first-order valence-electron chi connectivity index (χ1n) is 15.1. The van der Waals surface area contributed by atoms with Crippen molar-refractivity contribution in [3.63, 3.8) is 0 Å². The number of hydrogen-bond acceptors (Lipinski definition) is 2. The number of aliphatic imine (C=N–C) groups is 2. The van der Waals surface area contributed by atoms with Gasteiger partial charge in [0.15, 0.2) is 5.84 Å². The fourth-order valence-corrected chi connectivity index (χ4v) is 6.65. The number of amidine groups is 1. The largest absolute Gasteiger partial charge is 0.297 e. The van der Waals surface area contributed by atoms with Crippen LogP contribution in [0.1, 0.15) is 30.5 Å². The molecule has 2 heterocycles. The van der Waals surface area contributed by atoms with Crippen LogP contribution >= 0.6 is 0 Å². The maximum absolute atomic E-state index is 5.40. The van der Waals surface area contributed by atoms with Crippen LogP contribution < -0.4 is 0 Å². The van der Waals surface area contributed by atoms with Crippen molar-refractivity contribution >= 4 is 44.2 Å². The molecule has 2 unspecified atom stereocenters. The average Bonchev–Trinajstić information content (AvgIpc) is 3.42. The van der Waals surface area contributed by atoms with Gasteiger partial charge < -0.3 is 0 Å².